The van der Waals surface area contributed by atoms with E-state index in [-0.39, 0.29) is 5.78 Å². The van der Waals surface area contributed by atoms with Crippen LogP contribution < -0.4 is 4.74 Å². The van der Waals surface area contributed by atoms with E-state index in [0.29, 0.717) is 26.1 Å². The summed E-state index contributed by atoms with van der Waals surface area (Å²) in [5.74, 6) is -0.230. The molecule has 0 saturated carbocycles. The van der Waals surface area contributed by atoms with Gasteiger partial charge in [0.25, 0.3) is 0 Å². The Morgan fingerprint density at radius 2 is 1.79 bits per heavy atom. The third-order valence-corrected chi connectivity index (χ3v) is 5.05. The van der Waals surface area contributed by atoms with Crippen molar-refractivity contribution in [2.24, 2.45) is 5.92 Å². The summed E-state index contributed by atoms with van der Waals surface area (Å²) in [5.41, 5.74) is 2.55. The fraction of sp³-hybridized carbons (Fsp3) is 0.391. The lowest BCUT2D eigenvalue weighted by molar-refractivity contribution is -0.151. The first-order chi connectivity index (χ1) is 13.7. The maximum Gasteiger partial charge on any atom is 0.317 e. The number of carbonyl (C=O) groups is 2. The average molecular weight is 381 g/mol. The molecule has 0 aliphatic carbocycles. The molecule has 5 nitrogen and oxygen atoms in total. The molecular formula is C23H27NO4. The lowest BCUT2D eigenvalue weighted by atomic mass is 9.96. The standard InChI is InChI=1S/C23H27NO4/c1-27-23(26)21-17-24(14-12-22(21)25)13-5-15-28-20-10-8-19(9-11-20)16-18-6-3-2-4-7-18/h2-4,6-11,21H,5,12-17H2,1H3. The van der Waals surface area contributed by atoms with E-state index < -0.39 is 11.9 Å². The molecule has 2 aromatic carbocycles. The quantitative estimate of drug-likeness (QED) is 0.400. The van der Waals surface area contributed by atoms with Crippen LogP contribution in [0.2, 0.25) is 0 Å². The van der Waals surface area contributed by atoms with Gasteiger partial charge in [-0.3, -0.25) is 9.59 Å². The SMILES string of the molecule is COC(=O)C1CN(CCCOc2ccc(Cc3ccccc3)cc2)CCC1=O. The molecule has 1 aliphatic heterocycles. The minimum absolute atomic E-state index is 0.0186. The Labute approximate surface area is 166 Å². The highest BCUT2D eigenvalue weighted by molar-refractivity contribution is 5.99. The summed E-state index contributed by atoms with van der Waals surface area (Å²) in [7, 11) is 1.33. The van der Waals surface area contributed by atoms with Crippen LogP contribution in [0, 0.1) is 5.92 Å². The molecule has 1 fully saturated rings. The first-order valence-electron chi connectivity index (χ1n) is 9.74. The van der Waals surface area contributed by atoms with Gasteiger partial charge in [0.05, 0.1) is 13.7 Å². The van der Waals surface area contributed by atoms with Crippen LogP contribution in [-0.2, 0) is 20.7 Å². The molecule has 28 heavy (non-hydrogen) atoms. The van der Waals surface area contributed by atoms with Crippen molar-refractivity contribution < 1.29 is 19.1 Å². The number of methoxy groups -OCH3 is 1. The van der Waals surface area contributed by atoms with Crippen molar-refractivity contribution in [3.8, 4) is 5.75 Å². The highest BCUT2D eigenvalue weighted by Crippen LogP contribution is 2.17. The predicted molar refractivity (Wildman–Crippen MR) is 107 cm³/mol. The van der Waals surface area contributed by atoms with Crippen molar-refractivity contribution >= 4 is 11.8 Å². The third-order valence-electron chi connectivity index (χ3n) is 5.05. The summed E-state index contributed by atoms with van der Waals surface area (Å²) in [6.45, 7) is 2.54. The number of ketones is 1. The van der Waals surface area contributed by atoms with Crippen molar-refractivity contribution in [1.82, 2.24) is 4.90 Å². The van der Waals surface area contributed by atoms with E-state index in [1.807, 2.05) is 18.2 Å². The van der Waals surface area contributed by atoms with Gasteiger partial charge in [-0.05, 0) is 36.1 Å². The van der Waals surface area contributed by atoms with E-state index in [1.165, 1.54) is 18.2 Å². The van der Waals surface area contributed by atoms with E-state index in [1.54, 1.807) is 0 Å². The molecule has 1 atom stereocenters. The number of likely N-dealkylation sites (tertiary alicyclic amines) is 1. The van der Waals surface area contributed by atoms with Gasteiger partial charge in [0.15, 0.2) is 0 Å². The van der Waals surface area contributed by atoms with E-state index in [0.717, 1.165) is 25.1 Å². The second-order valence-corrected chi connectivity index (χ2v) is 7.10. The van der Waals surface area contributed by atoms with Gasteiger partial charge in [-0.25, -0.2) is 0 Å². The normalized spacial score (nSPS) is 17.3. The Morgan fingerprint density at radius 1 is 1.07 bits per heavy atom. The first kappa shape index (κ1) is 20.1. The number of hydrogen-bond donors (Lipinski definition) is 0. The lowest BCUT2D eigenvalue weighted by Gasteiger charge is -2.30. The van der Waals surface area contributed by atoms with Crippen molar-refractivity contribution in [3.63, 3.8) is 0 Å². The summed E-state index contributed by atoms with van der Waals surface area (Å²) in [6.07, 6.45) is 2.16. The fourth-order valence-corrected chi connectivity index (χ4v) is 3.46. The second-order valence-electron chi connectivity index (χ2n) is 7.10. The molecular weight excluding hydrogens is 354 g/mol. The molecule has 2 aromatic rings. The molecule has 148 valence electrons. The number of ether oxygens (including phenoxy) is 2. The van der Waals surface area contributed by atoms with Crippen LogP contribution in [-0.4, -0.2) is 50.0 Å². The minimum Gasteiger partial charge on any atom is -0.494 e. The summed E-state index contributed by atoms with van der Waals surface area (Å²) in [5, 5.41) is 0. The molecule has 0 aromatic heterocycles. The number of Topliss-reactive ketones (excluding diaryl/α,β-unsaturated/α-hetero) is 1. The molecule has 0 spiro atoms. The van der Waals surface area contributed by atoms with Gasteiger partial charge in [-0.2, -0.15) is 0 Å². The maximum absolute atomic E-state index is 11.8. The van der Waals surface area contributed by atoms with Crippen LogP contribution in [0.5, 0.6) is 5.75 Å². The molecule has 0 radical (unpaired) electrons. The molecule has 0 bridgehead atoms. The molecule has 1 aliphatic rings. The molecule has 1 unspecified atom stereocenters. The molecule has 0 amide bonds. The van der Waals surface area contributed by atoms with Crippen molar-refractivity contribution in [3.05, 3.63) is 65.7 Å². The Kier molecular flexibility index (Phi) is 7.20. The first-order valence-corrected chi connectivity index (χ1v) is 9.74. The fourth-order valence-electron chi connectivity index (χ4n) is 3.46. The zero-order valence-corrected chi connectivity index (χ0v) is 16.3. The molecule has 0 N–H and O–H groups in total. The van der Waals surface area contributed by atoms with Crippen LogP contribution in [0.15, 0.2) is 54.6 Å². The van der Waals surface area contributed by atoms with Crippen LogP contribution in [0.3, 0.4) is 0 Å². The smallest absolute Gasteiger partial charge is 0.317 e. The second kappa shape index (κ2) is 10.0. The number of carbonyl (C=O) groups excluding carboxylic acids is 2. The number of rotatable bonds is 8. The maximum atomic E-state index is 11.8. The van der Waals surface area contributed by atoms with Crippen LogP contribution in [0.25, 0.3) is 0 Å². The Hall–Kier alpha value is -2.66. The molecule has 1 heterocycles. The highest BCUT2D eigenvalue weighted by atomic mass is 16.5. The number of nitrogens with zero attached hydrogens (tertiary/aromatic N) is 1. The van der Waals surface area contributed by atoms with Crippen molar-refractivity contribution in [2.45, 2.75) is 19.3 Å². The van der Waals surface area contributed by atoms with E-state index in [4.69, 9.17) is 9.47 Å². The van der Waals surface area contributed by atoms with Gasteiger partial charge in [0.1, 0.15) is 17.5 Å². The Bertz CT molecular complexity index is 765. The lowest BCUT2D eigenvalue weighted by Crippen LogP contribution is -2.45. The van der Waals surface area contributed by atoms with E-state index in [2.05, 4.69) is 41.3 Å². The number of benzene rings is 2. The minimum atomic E-state index is -0.642. The van der Waals surface area contributed by atoms with Gasteiger partial charge in [0, 0.05) is 26.1 Å². The monoisotopic (exact) mass is 381 g/mol. The number of piperidine rings is 1. The molecule has 5 heteroatoms. The summed E-state index contributed by atoms with van der Waals surface area (Å²) < 4.78 is 10.6. The zero-order chi connectivity index (χ0) is 19.8. The van der Waals surface area contributed by atoms with Gasteiger partial charge in [0.2, 0.25) is 0 Å². The number of hydrogen-bond acceptors (Lipinski definition) is 5. The van der Waals surface area contributed by atoms with Gasteiger partial charge in [-0.15, -0.1) is 0 Å². The summed E-state index contributed by atoms with van der Waals surface area (Å²) in [6, 6.07) is 18.6. The molecule has 3 rings (SSSR count). The largest absolute Gasteiger partial charge is 0.494 e. The predicted octanol–water partition coefficient (Wildman–Crippen LogP) is 3.11. The highest BCUT2D eigenvalue weighted by Gasteiger charge is 2.33. The van der Waals surface area contributed by atoms with Crippen LogP contribution in [0.4, 0.5) is 0 Å². The molecule has 1 saturated heterocycles. The van der Waals surface area contributed by atoms with Gasteiger partial charge < -0.3 is 14.4 Å². The topological polar surface area (TPSA) is 55.8 Å². The third kappa shape index (κ3) is 5.67. The van der Waals surface area contributed by atoms with E-state index >= 15 is 0 Å². The average Bonchev–Trinajstić information content (AvgIpc) is 2.73. The zero-order valence-electron chi connectivity index (χ0n) is 16.3. The van der Waals surface area contributed by atoms with Gasteiger partial charge in [-0.1, -0.05) is 42.5 Å². The van der Waals surface area contributed by atoms with Gasteiger partial charge >= 0.3 is 5.97 Å². The number of esters is 1. The Morgan fingerprint density at radius 3 is 2.50 bits per heavy atom. The summed E-state index contributed by atoms with van der Waals surface area (Å²) >= 11 is 0. The van der Waals surface area contributed by atoms with E-state index in [9.17, 15) is 9.59 Å². The van der Waals surface area contributed by atoms with Crippen molar-refractivity contribution in [1.29, 1.82) is 0 Å². The van der Waals surface area contributed by atoms with Crippen LogP contribution in [0.1, 0.15) is 24.0 Å². The van der Waals surface area contributed by atoms with Crippen LogP contribution >= 0.6 is 0 Å². The van der Waals surface area contributed by atoms with Crippen molar-refractivity contribution in [2.75, 3.05) is 33.4 Å². The Balaban J connectivity index is 1.39. The summed E-state index contributed by atoms with van der Waals surface area (Å²) in [4.78, 5) is 25.7.